The van der Waals surface area contributed by atoms with Crippen molar-refractivity contribution in [2.75, 3.05) is 18.5 Å². The second-order valence-electron chi connectivity index (χ2n) is 5.74. The molecule has 8 nitrogen and oxygen atoms in total. The molecular weight excluding hydrogens is 344 g/mol. The molecule has 2 aliphatic rings. The van der Waals surface area contributed by atoms with Crippen molar-refractivity contribution in [2.24, 2.45) is 0 Å². The fraction of sp³-hybridized carbons (Fsp3) is 0.312. The first-order chi connectivity index (χ1) is 12.1. The first-order valence-electron chi connectivity index (χ1n) is 7.83. The molecule has 1 saturated heterocycles. The summed E-state index contributed by atoms with van der Waals surface area (Å²) in [5.74, 6) is -1.43. The zero-order valence-electron chi connectivity index (χ0n) is 13.1. The average molecular weight is 358 g/mol. The average Bonchev–Trinajstić information content (AvgIpc) is 3.33. The predicted octanol–water partition coefficient (Wildman–Crippen LogP) is 1.62. The van der Waals surface area contributed by atoms with Crippen molar-refractivity contribution in [1.82, 2.24) is 15.1 Å². The lowest BCUT2D eigenvalue weighted by Crippen LogP contribution is -2.37. The van der Waals surface area contributed by atoms with Crippen LogP contribution in [0.2, 0.25) is 0 Å². The van der Waals surface area contributed by atoms with Crippen LogP contribution in [0.4, 0.5) is 5.13 Å². The quantitative estimate of drug-likeness (QED) is 0.834. The van der Waals surface area contributed by atoms with E-state index in [1.54, 1.807) is 24.3 Å². The SMILES string of the molecule is O=C(CN1C(=O)c2ccccc2C1=O)Nc1nnc([C@H]2CCCO2)s1. The van der Waals surface area contributed by atoms with Gasteiger partial charge in [-0.25, -0.2) is 0 Å². The van der Waals surface area contributed by atoms with E-state index in [4.69, 9.17) is 4.74 Å². The van der Waals surface area contributed by atoms with Crippen LogP contribution in [-0.4, -0.2) is 46.0 Å². The summed E-state index contributed by atoms with van der Waals surface area (Å²) in [5.41, 5.74) is 0.633. The third kappa shape index (κ3) is 2.92. The molecule has 0 spiro atoms. The van der Waals surface area contributed by atoms with Crippen LogP contribution in [0.1, 0.15) is 44.7 Å². The Hall–Kier alpha value is -2.65. The molecule has 1 aromatic heterocycles. The number of benzene rings is 1. The number of hydrogen-bond donors (Lipinski definition) is 1. The van der Waals surface area contributed by atoms with Crippen LogP contribution in [0.25, 0.3) is 0 Å². The van der Waals surface area contributed by atoms with Crippen LogP contribution < -0.4 is 5.32 Å². The molecule has 1 fully saturated rings. The largest absolute Gasteiger partial charge is 0.371 e. The molecule has 2 aliphatic heterocycles. The summed E-state index contributed by atoms with van der Waals surface area (Å²) in [6, 6.07) is 6.51. The number of carbonyl (C=O) groups is 3. The van der Waals surface area contributed by atoms with Crippen molar-refractivity contribution in [2.45, 2.75) is 18.9 Å². The molecular formula is C16H14N4O4S. The number of fused-ring (bicyclic) bond motifs is 1. The Morgan fingerprint density at radius 1 is 1.24 bits per heavy atom. The van der Waals surface area contributed by atoms with Crippen molar-refractivity contribution in [3.63, 3.8) is 0 Å². The summed E-state index contributed by atoms with van der Waals surface area (Å²) in [6.45, 7) is 0.340. The van der Waals surface area contributed by atoms with Crippen LogP contribution in [0, 0.1) is 0 Å². The lowest BCUT2D eigenvalue weighted by Gasteiger charge is -2.12. The second-order valence-corrected chi connectivity index (χ2v) is 6.75. The lowest BCUT2D eigenvalue weighted by molar-refractivity contribution is -0.116. The molecule has 1 N–H and O–H groups in total. The predicted molar refractivity (Wildman–Crippen MR) is 88.3 cm³/mol. The number of aromatic nitrogens is 2. The molecule has 4 rings (SSSR count). The summed E-state index contributed by atoms with van der Waals surface area (Å²) in [7, 11) is 0. The van der Waals surface area contributed by atoms with Crippen LogP contribution in [0.5, 0.6) is 0 Å². The molecule has 3 amide bonds. The van der Waals surface area contributed by atoms with Gasteiger partial charge in [0, 0.05) is 6.61 Å². The van der Waals surface area contributed by atoms with E-state index in [-0.39, 0.29) is 12.6 Å². The first kappa shape index (κ1) is 15.9. The topological polar surface area (TPSA) is 101 Å². The number of nitrogens with one attached hydrogen (secondary N) is 1. The normalized spacial score (nSPS) is 19.4. The Morgan fingerprint density at radius 3 is 2.60 bits per heavy atom. The molecule has 0 saturated carbocycles. The van der Waals surface area contributed by atoms with Crippen LogP contribution in [0.3, 0.4) is 0 Å². The minimum Gasteiger partial charge on any atom is -0.371 e. The zero-order chi connectivity index (χ0) is 17.4. The Morgan fingerprint density at radius 2 is 1.96 bits per heavy atom. The molecule has 3 heterocycles. The Kier molecular flexibility index (Phi) is 4.02. The van der Waals surface area contributed by atoms with E-state index in [1.807, 2.05) is 0 Å². The van der Waals surface area contributed by atoms with Gasteiger partial charge in [-0.1, -0.05) is 23.5 Å². The molecule has 1 atom stereocenters. The van der Waals surface area contributed by atoms with Gasteiger partial charge in [0.15, 0.2) is 0 Å². The smallest absolute Gasteiger partial charge is 0.262 e. The van der Waals surface area contributed by atoms with Gasteiger partial charge in [0.1, 0.15) is 17.7 Å². The number of rotatable bonds is 4. The zero-order valence-corrected chi connectivity index (χ0v) is 13.9. The third-order valence-corrected chi connectivity index (χ3v) is 5.00. The standard InChI is InChI=1S/C16H14N4O4S/c21-12(17-16-19-18-13(25-16)11-6-3-7-24-11)8-20-14(22)9-4-1-2-5-10(9)15(20)23/h1-2,4-5,11H,3,6-8H2,(H,17,19,21)/t11-/m1/s1. The van der Waals surface area contributed by atoms with E-state index in [1.165, 1.54) is 11.3 Å². The number of carbonyl (C=O) groups excluding carboxylic acids is 3. The highest BCUT2D eigenvalue weighted by molar-refractivity contribution is 7.15. The van der Waals surface area contributed by atoms with Crippen molar-refractivity contribution in [1.29, 1.82) is 0 Å². The van der Waals surface area contributed by atoms with Crippen molar-refractivity contribution >= 4 is 34.2 Å². The highest BCUT2D eigenvalue weighted by Gasteiger charge is 2.36. The lowest BCUT2D eigenvalue weighted by atomic mass is 10.1. The summed E-state index contributed by atoms with van der Waals surface area (Å²) >= 11 is 1.24. The monoisotopic (exact) mass is 358 g/mol. The minimum atomic E-state index is -0.496. The highest BCUT2D eigenvalue weighted by atomic mass is 32.1. The third-order valence-electron chi connectivity index (χ3n) is 4.07. The minimum absolute atomic E-state index is 0.0700. The number of anilines is 1. The molecule has 0 aliphatic carbocycles. The van der Waals surface area contributed by atoms with Crippen molar-refractivity contribution in [3.8, 4) is 0 Å². The van der Waals surface area contributed by atoms with Crippen LogP contribution >= 0.6 is 11.3 Å². The van der Waals surface area contributed by atoms with Crippen LogP contribution in [0.15, 0.2) is 24.3 Å². The van der Waals surface area contributed by atoms with Crippen molar-refractivity contribution < 1.29 is 19.1 Å². The highest BCUT2D eigenvalue weighted by Crippen LogP contribution is 2.32. The maximum atomic E-state index is 12.3. The van der Waals surface area contributed by atoms with Gasteiger partial charge in [0.25, 0.3) is 11.8 Å². The summed E-state index contributed by atoms with van der Waals surface area (Å²) in [4.78, 5) is 37.6. The maximum Gasteiger partial charge on any atom is 0.262 e. The molecule has 9 heteroatoms. The van der Waals surface area contributed by atoms with Gasteiger partial charge < -0.3 is 4.74 Å². The molecule has 128 valence electrons. The molecule has 0 radical (unpaired) electrons. The van der Waals surface area contributed by atoms with Gasteiger partial charge in [-0.3, -0.25) is 24.6 Å². The summed E-state index contributed by atoms with van der Waals surface area (Å²) in [5, 5.41) is 11.6. The van der Waals surface area contributed by atoms with Gasteiger partial charge >= 0.3 is 0 Å². The van der Waals surface area contributed by atoms with E-state index >= 15 is 0 Å². The fourth-order valence-corrected chi connectivity index (χ4v) is 3.72. The van der Waals surface area contributed by atoms with Gasteiger partial charge in [-0.05, 0) is 25.0 Å². The van der Waals surface area contributed by atoms with E-state index in [0.717, 1.165) is 17.7 Å². The number of ether oxygens (including phenoxy) is 1. The van der Waals surface area contributed by atoms with Crippen molar-refractivity contribution in [3.05, 3.63) is 40.4 Å². The van der Waals surface area contributed by atoms with Gasteiger partial charge in [0.05, 0.1) is 11.1 Å². The number of nitrogens with zero attached hydrogens (tertiary/aromatic N) is 3. The second kappa shape index (κ2) is 6.34. The summed E-state index contributed by atoms with van der Waals surface area (Å²) in [6.07, 6.45) is 1.79. The fourth-order valence-electron chi connectivity index (χ4n) is 2.87. The van der Waals surface area contributed by atoms with E-state index in [2.05, 4.69) is 15.5 Å². The number of amides is 3. The Bertz CT molecular complexity index is 824. The molecule has 2 aromatic rings. The Balaban J connectivity index is 1.41. The van der Waals surface area contributed by atoms with Gasteiger partial charge in [-0.2, -0.15) is 0 Å². The van der Waals surface area contributed by atoms with Gasteiger partial charge in [0.2, 0.25) is 11.0 Å². The molecule has 0 bridgehead atoms. The first-order valence-corrected chi connectivity index (χ1v) is 8.65. The molecule has 1 aromatic carbocycles. The Labute approximate surface area is 146 Å². The van der Waals surface area contributed by atoms with E-state index < -0.39 is 17.7 Å². The molecule has 25 heavy (non-hydrogen) atoms. The number of hydrogen-bond acceptors (Lipinski definition) is 7. The van der Waals surface area contributed by atoms with E-state index in [0.29, 0.717) is 27.9 Å². The van der Waals surface area contributed by atoms with Gasteiger partial charge in [-0.15, -0.1) is 10.2 Å². The number of imide groups is 1. The maximum absolute atomic E-state index is 12.3. The van der Waals surface area contributed by atoms with Crippen LogP contribution in [-0.2, 0) is 9.53 Å². The summed E-state index contributed by atoms with van der Waals surface area (Å²) < 4.78 is 5.53. The molecule has 0 unspecified atom stereocenters. The van der Waals surface area contributed by atoms with E-state index in [9.17, 15) is 14.4 Å².